The van der Waals surface area contributed by atoms with E-state index in [2.05, 4.69) is 20.6 Å². The summed E-state index contributed by atoms with van der Waals surface area (Å²) in [6.07, 6.45) is 3.49. The van der Waals surface area contributed by atoms with Gasteiger partial charge in [0.25, 0.3) is 0 Å². The van der Waals surface area contributed by atoms with E-state index in [9.17, 15) is 4.39 Å². The Morgan fingerprint density at radius 2 is 2.03 bits per heavy atom. The Morgan fingerprint density at radius 3 is 2.86 bits per heavy atom. The molecule has 0 spiro atoms. The third-order valence-corrected chi connectivity index (χ3v) is 5.47. The van der Waals surface area contributed by atoms with Crippen LogP contribution in [0.4, 0.5) is 10.2 Å². The third-order valence-electron chi connectivity index (χ3n) is 5.47. The van der Waals surface area contributed by atoms with Gasteiger partial charge in [0.05, 0.1) is 24.8 Å². The van der Waals surface area contributed by atoms with Gasteiger partial charge in [0.2, 0.25) is 0 Å². The Hall–Kier alpha value is -3.62. The van der Waals surface area contributed by atoms with Crippen LogP contribution in [0.5, 0.6) is 11.5 Å². The van der Waals surface area contributed by atoms with E-state index in [-0.39, 0.29) is 11.7 Å². The van der Waals surface area contributed by atoms with E-state index in [1.807, 2.05) is 29.7 Å². The van der Waals surface area contributed by atoms with Crippen LogP contribution in [-0.4, -0.2) is 37.6 Å². The Kier molecular flexibility index (Phi) is 3.35. The largest absolute Gasteiger partial charge is 0.493 e. The van der Waals surface area contributed by atoms with Crippen molar-refractivity contribution in [3.63, 3.8) is 0 Å². The molecule has 29 heavy (non-hydrogen) atoms. The molecule has 1 N–H and O–H groups in total. The van der Waals surface area contributed by atoms with Gasteiger partial charge in [0, 0.05) is 29.9 Å². The molecule has 0 amide bonds. The van der Waals surface area contributed by atoms with Crippen LogP contribution in [0.25, 0.3) is 11.3 Å². The average molecular weight is 392 g/mol. The molecule has 9 heteroatoms. The summed E-state index contributed by atoms with van der Waals surface area (Å²) < 4.78 is 30.2. The molecule has 5 heterocycles. The normalized spacial score (nSPS) is 17.4. The lowest BCUT2D eigenvalue weighted by molar-refractivity contribution is 0.249. The van der Waals surface area contributed by atoms with Crippen molar-refractivity contribution in [2.24, 2.45) is 0 Å². The van der Waals surface area contributed by atoms with Crippen molar-refractivity contribution in [3.8, 4) is 17.2 Å². The van der Waals surface area contributed by atoms with Gasteiger partial charge in [-0.3, -0.25) is 4.40 Å². The molecule has 4 aromatic rings. The summed E-state index contributed by atoms with van der Waals surface area (Å²) in [6, 6.07) is 6.96. The van der Waals surface area contributed by atoms with Crippen LogP contribution < -0.4 is 14.8 Å². The summed E-state index contributed by atoms with van der Waals surface area (Å²) in [4.78, 5) is 0. The molecule has 0 radical (unpaired) electrons. The van der Waals surface area contributed by atoms with Crippen molar-refractivity contribution in [2.45, 2.75) is 19.4 Å². The smallest absolute Gasteiger partial charge is 0.188 e. The van der Waals surface area contributed by atoms with Gasteiger partial charge in [-0.1, -0.05) is 0 Å². The molecule has 0 unspecified atom stereocenters. The fraction of sp³-hybridized carbons (Fsp3) is 0.250. The third kappa shape index (κ3) is 2.40. The first-order valence-electron chi connectivity index (χ1n) is 9.39. The first-order chi connectivity index (χ1) is 14.2. The van der Waals surface area contributed by atoms with Crippen molar-refractivity contribution < 1.29 is 13.9 Å². The van der Waals surface area contributed by atoms with Gasteiger partial charge in [-0.2, -0.15) is 5.10 Å². The minimum atomic E-state index is -0.251. The van der Waals surface area contributed by atoms with E-state index in [0.717, 1.165) is 22.7 Å². The lowest BCUT2D eigenvalue weighted by atomic mass is 9.96. The Bertz CT molecular complexity index is 1260. The number of pyridine rings is 1. The van der Waals surface area contributed by atoms with Gasteiger partial charge in [0.15, 0.2) is 17.2 Å². The second-order valence-corrected chi connectivity index (χ2v) is 7.28. The van der Waals surface area contributed by atoms with Crippen LogP contribution in [0.3, 0.4) is 0 Å². The minimum absolute atomic E-state index is 0.0320. The van der Waals surface area contributed by atoms with Gasteiger partial charge in [-0.05, 0) is 25.1 Å². The summed E-state index contributed by atoms with van der Waals surface area (Å²) in [5.41, 5.74) is 3.76. The van der Waals surface area contributed by atoms with Crippen molar-refractivity contribution in [2.75, 3.05) is 18.5 Å². The van der Waals surface area contributed by atoms with Crippen LogP contribution >= 0.6 is 0 Å². The molecule has 2 aliphatic heterocycles. The molecule has 0 saturated carbocycles. The molecule has 1 atom stereocenters. The van der Waals surface area contributed by atoms with E-state index in [1.54, 1.807) is 17.1 Å². The van der Waals surface area contributed by atoms with Crippen LogP contribution in [-0.2, 0) is 6.54 Å². The van der Waals surface area contributed by atoms with E-state index in [1.165, 1.54) is 6.07 Å². The zero-order valence-corrected chi connectivity index (χ0v) is 15.6. The lowest BCUT2D eigenvalue weighted by Crippen LogP contribution is -2.13. The molecule has 6 rings (SSSR count). The molecule has 1 aromatic carbocycles. The number of aromatic nitrogens is 5. The molecule has 8 nitrogen and oxygen atoms in total. The van der Waals surface area contributed by atoms with Crippen molar-refractivity contribution >= 4 is 11.5 Å². The van der Waals surface area contributed by atoms with Gasteiger partial charge in [0.1, 0.15) is 23.6 Å². The highest BCUT2D eigenvalue weighted by molar-refractivity contribution is 5.69. The first kappa shape index (κ1) is 16.3. The molecular weight excluding hydrogens is 375 g/mol. The molecule has 146 valence electrons. The Balaban J connectivity index is 1.52. The molecule has 0 bridgehead atoms. The Morgan fingerprint density at radius 1 is 1.17 bits per heavy atom. The van der Waals surface area contributed by atoms with E-state index in [0.29, 0.717) is 42.5 Å². The SMILES string of the molecule is Cc1ccn(-c2cc3c(n4cnnc24)NCc2c(F)ccc4c2[C@H](CO4)CO3)n1. The number of hydrogen-bond acceptors (Lipinski definition) is 6. The fourth-order valence-electron chi connectivity index (χ4n) is 4.09. The molecule has 2 aliphatic rings. The second-order valence-electron chi connectivity index (χ2n) is 7.28. The summed E-state index contributed by atoms with van der Waals surface area (Å²) >= 11 is 0. The molecular formula is C20H17FN6O2. The highest BCUT2D eigenvalue weighted by Gasteiger charge is 2.31. The molecule has 0 fully saturated rings. The van der Waals surface area contributed by atoms with Gasteiger partial charge >= 0.3 is 0 Å². The molecule has 0 aliphatic carbocycles. The monoisotopic (exact) mass is 392 g/mol. The van der Waals surface area contributed by atoms with Gasteiger partial charge in [-0.25, -0.2) is 9.07 Å². The average Bonchev–Trinajstić information content (AvgIpc) is 3.45. The highest BCUT2D eigenvalue weighted by Crippen LogP contribution is 2.41. The summed E-state index contributed by atoms with van der Waals surface area (Å²) in [7, 11) is 0. The zero-order chi connectivity index (χ0) is 19.5. The summed E-state index contributed by atoms with van der Waals surface area (Å²) in [6.45, 7) is 3.08. The predicted octanol–water partition coefficient (Wildman–Crippen LogP) is 2.84. The van der Waals surface area contributed by atoms with E-state index < -0.39 is 0 Å². The number of nitrogens with zero attached hydrogens (tertiary/aromatic N) is 5. The fourth-order valence-corrected chi connectivity index (χ4v) is 4.09. The van der Waals surface area contributed by atoms with Crippen LogP contribution in [0.2, 0.25) is 0 Å². The van der Waals surface area contributed by atoms with Crippen LogP contribution in [0.1, 0.15) is 22.7 Å². The number of anilines is 1. The highest BCUT2D eigenvalue weighted by atomic mass is 19.1. The molecule has 0 saturated heterocycles. The quantitative estimate of drug-likeness (QED) is 0.537. The number of benzene rings is 1. The summed E-state index contributed by atoms with van der Waals surface area (Å²) in [5, 5.41) is 16.1. The first-order valence-corrected chi connectivity index (χ1v) is 9.39. The number of aryl methyl sites for hydroxylation is 1. The van der Waals surface area contributed by atoms with Crippen molar-refractivity contribution in [1.29, 1.82) is 0 Å². The number of halogens is 1. The zero-order valence-electron chi connectivity index (χ0n) is 15.6. The number of ether oxygens (including phenoxy) is 2. The van der Waals surface area contributed by atoms with Gasteiger partial charge in [-0.15, -0.1) is 10.2 Å². The van der Waals surface area contributed by atoms with Crippen molar-refractivity contribution in [3.05, 3.63) is 59.4 Å². The standard InChI is InChI=1S/C20H17FN6O2/c1-11-4-5-27(25-11)15-6-17-20(26-10-23-24-19(15)26)22-7-13-14(21)2-3-16-18(13)12(8-28-16)9-29-17/h2-6,10,12,22H,7-9H2,1H3/t12-/m1/s1. The number of hydrogen-bond donors (Lipinski definition) is 1. The predicted molar refractivity (Wildman–Crippen MR) is 102 cm³/mol. The maximum Gasteiger partial charge on any atom is 0.188 e. The maximum absolute atomic E-state index is 14.6. The van der Waals surface area contributed by atoms with Gasteiger partial charge < -0.3 is 14.8 Å². The number of rotatable bonds is 1. The summed E-state index contributed by atoms with van der Waals surface area (Å²) in [5.74, 6) is 1.75. The van der Waals surface area contributed by atoms with Crippen molar-refractivity contribution in [1.82, 2.24) is 24.4 Å². The van der Waals surface area contributed by atoms with Crippen LogP contribution in [0.15, 0.2) is 36.8 Å². The minimum Gasteiger partial charge on any atom is -0.493 e. The molecule has 3 aromatic heterocycles. The number of fused-ring (bicyclic) bond motifs is 3. The van der Waals surface area contributed by atoms with Crippen LogP contribution in [0, 0.1) is 12.7 Å². The maximum atomic E-state index is 14.6. The lowest BCUT2D eigenvalue weighted by Gasteiger charge is -2.16. The van der Waals surface area contributed by atoms with E-state index in [4.69, 9.17) is 9.47 Å². The second kappa shape index (κ2) is 5.94. The van der Waals surface area contributed by atoms with E-state index >= 15 is 0 Å². The topological polar surface area (TPSA) is 78.5 Å². The Labute approximate surface area is 164 Å². The number of nitrogens with one attached hydrogen (secondary N) is 1.